The minimum atomic E-state index is -0.746. The van der Waals surface area contributed by atoms with Crippen LogP contribution in [0.2, 0.25) is 0 Å². The van der Waals surface area contributed by atoms with Crippen molar-refractivity contribution in [3.8, 4) is 0 Å². The first-order valence-electron chi connectivity index (χ1n) is 5.70. The summed E-state index contributed by atoms with van der Waals surface area (Å²) in [6.07, 6.45) is 3.69. The molecule has 1 aromatic rings. The van der Waals surface area contributed by atoms with Crippen molar-refractivity contribution >= 4 is 12.2 Å². The Morgan fingerprint density at radius 1 is 1.30 bits per heavy atom. The van der Waals surface area contributed by atoms with E-state index in [4.69, 9.17) is 11.3 Å². The van der Waals surface area contributed by atoms with Crippen molar-refractivity contribution in [3.05, 3.63) is 47.8 Å². The Labute approximate surface area is 114 Å². The van der Waals surface area contributed by atoms with Gasteiger partial charge in [-0.3, -0.25) is 5.84 Å². The van der Waals surface area contributed by atoms with E-state index in [0.717, 1.165) is 24.4 Å². The molecule has 0 aliphatic heterocycles. The standard InChI is InChI=1S/C12H15F2N5O/c13-9-5-8(6-10(14)7-9)11(1-2-15)19-12(20)17-3-4-18-16/h2-7,11,15,18H,1,16H2,(H2,17,19,20)/b4-3-,15-2?/t11-/m0/s1. The quantitative estimate of drug-likeness (QED) is 0.308. The Balaban J connectivity index is 2.80. The predicted molar refractivity (Wildman–Crippen MR) is 70.6 cm³/mol. The lowest BCUT2D eigenvalue weighted by Gasteiger charge is -2.17. The van der Waals surface area contributed by atoms with Crippen molar-refractivity contribution in [1.29, 1.82) is 5.41 Å². The van der Waals surface area contributed by atoms with Gasteiger partial charge in [-0.2, -0.15) is 0 Å². The molecule has 1 aromatic carbocycles. The number of urea groups is 1. The summed E-state index contributed by atoms with van der Waals surface area (Å²) >= 11 is 0. The number of carbonyl (C=O) groups is 1. The molecular formula is C12H15F2N5O. The zero-order valence-electron chi connectivity index (χ0n) is 10.5. The van der Waals surface area contributed by atoms with Crippen LogP contribution in [-0.4, -0.2) is 12.2 Å². The maximum Gasteiger partial charge on any atom is 0.319 e. The molecule has 1 atom stereocenters. The summed E-state index contributed by atoms with van der Waals surface area (Å²) in [5.41, 5.74) is 2.43. The summed E-state index contributed by atoms with van der Waals surface area (Å²) in [5, 5.41) is 11.9. The van der Waals surface area contributed by atoms with Gasteiger partial charge in [0.15, 0.2) is 0 Å². The van der Waals surface area contributed by atoms with Crippen LogP contribution in [0.25, 0.3) is 0 Å². The molecule has 0 saturated heterocycles. The highest BCUT2D eigenvalue weighted by Gasteiger charge is 2.15. The van der Waals surface area contributed by atoms with Gasteiger partial charge in [-0.05, 0) is 23.9 Å². The summed E-state index contributed by atoms with van der Waals surface area (Å²) in [4.78, 5) is 11.5. The lowest BCUT2D eigenvalue weighted by molar-refractivity contribution is 0.240. The molecule has 0 bridgehead atoms. The molecule has 0 aliphatic carbocycles. The first-order chi connectivity index (χ1) is 9.56. The molecule has 0 radical (unpaired) electrons. The average Bonchev–Trinajstić information content (AvgIpc) is 2.37. The van der Waals surface area contributed by atoms with Gasteiger partial charge in [-0.15, -0.1) is 0 Å². The molecule has 20 heavy (non-hydrogen) atoms. The molecule has 2 amide bonds. The number of halogens is 2. The van der Waals surface area contributed by atoms with E-state index in [9.17, 15) is 13.6 Å². The largest absolute Gasteiger partial charge is 0.331 e. The number of benzene rings is 1. The van der Waals surface area contributed by atoms with E-state index in [0.29, 0.717) is 0 Å². The maximum atomic E-state index is 13.2. The van der Waals surface area contributed by atoms with Crippen LogP contribution in [-0.2, 0) is 0 Å². The van der Waals surface area contributed by atoms with Gasteiger partial charge < -0.3 is 21.5 Å². The fraction of sp³-hybridized carbons (Fsp3) is 0.167. The highest BCUT2D eigenvalue weighted by Crippen LogP contribution is 2.18. The van der Waals surface area contributed by atoms with Crippen molar-refractivity contribution in [2.24, 2.45) is 5.84 Å². The molecule has 6 N–H and O–H groups in total. The number of amides is 2. The van der Waals surface area contributed by atoms with Gasteiger partial charge in [0.2, 0.25) is 0 Å². The van der Waals surface area contributed by atoms with Crippen LogP contribution in [0.5, 0.6) is 0 Å². The maximum absolute atomic E-state index is 13.2. The molecule has 108 valence electrons. The average molecular weight is 283 g/mol. The monoisotopic (exact) mass is 283 g/mol. The molecule has 8 heteroatoms. The van der Waals surface area contributed by atoms with Crippen LogP contribution in [0.15, 0.2) is 30.6 Å². The zero-order chi connectivity index (χ0) is 15.0. The Kier molecular flexibility index (Phi) is 6.11. The summed E-state index contributed by atoms with van der Waals surface area (Å²) in [6.45, 7) is 0. The molecule has 0 saturated carbocycles. The second-order valence-electron chi connectivity index (χ2n) is 3.81. The molecule has 0 heterocycles. The van der Waals surface area contributed by atoms with E-state index >= 15 is 0 Å². The van der Waals surface area contributed by atoms with Crippen molar-refractivity contribution in [3.63, 3.8) is 0 Å². The van der Waals surface area contributed by atoms with Gasteiger partial charge in [-0.25, -0.2) is 13.6 Å². The third-order valence-electron chi connectivity index (χ3n) is 2.34. The molecule has 1 rings (SSSR count). The van der Waals surface area contributed by atoms with Gasteiger partial charge in [0.1, 0.15) is 11.6 Å². The SMILES string of the molecule is N=CC[C@H](NC(=O)N/C=C\NN)c1cc(F)cc(F)c1. The minimum Gasteiger partial charge on any atom is -0.331 e. The third-order valence-corrected chi connectivity index (χ3v) is 2.34. The van der Waals surface area contributed by atoms with E-state index in [1.807, 2.05) is 0 Å². The van der Waals surface area contributed by atoms with Crippen LogP contribution in [0.1, 0.15) is 18.0 Å². The van der Waals surface area contributed by atoms with Gasteiger partial charge in [0.05, 0.1) is 6.04 Å². The second-order valence-corrected chi connectivity index (χ2v) is 3.81. The van der Waals surface area contributed by atoms with Crippen LogP contribution >= 0.6 is 0 Å². The van der Waals surface area contributed by atoms with Crippen LogP contribution in [0, 0.1) is 17.0 Å². The lowest BCUT2D eigenvalue weighted by atomic mass is 10.0. The number of hydrazine groups is 1. The minimum absolute atomic E-state index is 0.106. The van der Waals surface area contributed by atoms with Gasteiger partial charge in [-0.1, -0.05) is 0 Å². The van der Waals surface area contributed by atoms with E-state index in [-0.39, 0.29) is 12.0 Å². The molecular weight excluding hydrogens is 268 g/mol. The topological polar surface area (TPSA) is 103 Å². The van der Waals surface area contributed by atoms with Crippen molar-refractivity contribution in [1.82, 2.24) is 16.1 Å². The zero-order valence-corrected chi connectivity index (χ0v) is 10.5. The molecule has 0 unspecified atom stereocenters. The number of rotatable bonds is 6. The number of hydrogen-bond donors (Lipinski definition) is 5. The number of nitrogens with one attached hydrogen (secondary N) is 4. The van der Waals surface area contributed by atoms with E-state index < -0.39 is 23.7 Å². The second kappa shape index (κ2) is 7.85. The van der Waals surface area contributed by atoms with E-state index in [2.05, 4.69) is 16.1 Å². The molecule has 0 fully saturated rings. The Hall–Kier alpha value is -2.48. The van der Waals surface area contributed by atoms with E-state index in [1.165, 1.54) is 12.4 Å². The van der Waals surface area contributed by atoms with Crippen molar-refractivity contribution in [2.45, 2.75) is 12.5 Å². The normalized spacial score (nSPS) is 11.9. The summed E-state index contributed by atoms with van der Waals surface area (Å²) in [5.74, 6) is 3.47. The number of hydrogen-bond acceptors (Lipinski definition) is 4. The first-order valence-corrected chi connectivity index (χ1v) is 5.70. The Morgan fingerprint density at radius 2 is 1.95 bits per heavy atom. The Morgan fingerprint density at radius 3 is 2.50 bits per heavy atom. The molecule has 0 aromatic heterocycles. The van der Waals surface area contributed by atoms with Crippen molar-refractivity contribution < 1.29 is 13.6 Å². The highest BCUT2D eigenvalue weighted by atomic mass is 19.1. The smallest absolute Gasteiger partial charge is 0.319 e. The van der Waals surface area contributed by atoms with Gasteiger partial charge in [0.25, 0.3) is 0 Å². The van der Waals surface area contributed by atoms with Crippen molar-refractivity contribution in [2.75, 3.05) is 0 Å². The summed E-state index contributed by atoms with van der Waals surface area (Å²) < 4.78 is 26.3. The predicted octanol–water partition coefficient (Wildman–Crippen LogP) is 1.28. The van der Waals surface area contributed by atoms with Crippen LogP contribution in [0.4, 0.5) is 13.6 Å². The lowest BCUT2D eigenvalue weighted by Crippen LogP contribution is -2.36. The summed E-state index contributed by atoms with van der Waals surface area (Å²) in [7, 11) is 0. The first kappa shape index (κ1) is 15.6. The Bertz CT molecular complexity index is 486. The van der Waals surface area contributed by atoms with Gasteiger partial charge >= 0.3 is 6.03 Å². The number of nitrogens with two attached hydrogens (primary N) is 1. The number of carbonyl (C=O) groups excluding carboxylic acids is 1. The molecule has 0 spiro atoms. The molecule has 0 aliphatic rings. The van der Waals surface area contributed by atoms with Crippen LogP contribution < -0.4 is 21.9 Å². The van der Waals surface area contributed by atoms with E-state index in [1.54, 1.807) is 0 Å². The fourth-order valence-corrected chi connectivity index (χ4v) is 1.54. The highest BCUT2D eigenvalue weighted by molar-refractivity contribution is 5.76. The van der Waals surface area contributed by atoms with Crippen LogP contribution in [0.3, 0.4) is 0 Å². The fourth-order valence-electron chi connectivity index (χ4n) is 1.54. The molecule has 6 nitrogen and oxygen atoms in total. The summed E-state index contributed by atoms with van der Waals surface area (Å²) in [6, 6.07) is 1.65. The van der Waals surface area contributed by atoms with Gasteiger partial charge in [0, 0.05) is 24.9 Å². The third kappa shape index (κ3) is 5.02.